The van der Waals surface area contributed by atoms with Gasteiger partial charge < -0.3 is 20.6 Å². The highest BCUT2D eigenvalue weighted by Crippen LogP contribution is 2.30. The van der Waals surface area contributed by atoms with Crippen molar-refractivity contribution in [2.75, 3.05) is 25.5 Å². The zero-order valence-electron chi connectivity index (χ0n) is 26.1. The molecule has 3 N–H and O–H groups in total. The Morgan fingerprint density at radius 3 is 2.28 bits per heavy atom. The van der Waals surface area contributed by atoms with Crippen molar-refractivity contribution in [2.45, 2.75) is 38.5 Å². The minimum Gasteiger partial charge on any atom is -0.390 e. The Morgan fingerprint density at radius 2 is 1.61 bits per heavy atom. The topological polar surface area (TPSA) is 77.5 Å². The first-order valence-electron chi connectivity index (χ1n) is 15.2. The Balaban J connectivity index is 1.41. The van der Waals surface area contributed by atoms with E-state index in [1.165, 1.54) is 29.0 Å². The van der Waals surface area contributed by atoms with Gasteiger partial charge in [0.15, 0.2) is 0 Å². The van der Waals surface area contributed by atoms with Crippen molar-refractivity contribution in [1.29, 1.82) is 0 Å². The quantitative estimate of drug-likeness (QED) is 0.131. The molecule has 5 rings (SSSR count). The number of halogens is 2. The van der Waals surface area contributed by atoms with E-state index in [9.17, 15) is 18.7 Å². The van der Waals surface area contributed by atoms with Gasteiger partial charge in [0.1, 0.15) is 16.6 Å². The average Bonchev–Trinajstić information content (AvgIpc) is 3.59. The highest BCUT2D eigenvalue weighted by molar-refractivity contribution is 7.13. The van der Waals surface area contributed by atoms with Crippen molar-refractivity contribution in [3.05, 3.63) is 130 Å². The lowest BCUT2D eigenvalue weighted by atomic mass is 9.97. The third kappa shape index (κ3) is 8.63. The van der Waals surface area contributed by atoms with E-state index in [1.807, 2.05) is 66.8 Å². The standard InChI is InChI=1S/C37H38F2N4O2S/c1-4-24-6-5-7-25(14-24)22-40-23-35(44)34(17-26-15-31(38)21-32(39)16-26)42-36(45)29-18-28(19-30(20-29)37-41-12-13-46-37)27-8-10-33(11-9-27)43(2)3/h5-16,18-21,34-35,40,44H,4,17,22-23H2,1-3H3,(H,42,45)/t34-,35+/m0/s1. The molecule has 0 radical (unpaired) electrons. The fraction of sp³-hybridized carbons (Fsp3) is 0.243. The number of nitrogens with zero attached hydrogens (tertiary/aromatic N) is 2. The number of carbonyl (C=O) groups excluding carboxylic acids is 1. The maximum atomic E-state index is 14.1. The molecule has 238 valence electrons. The number of hydrogen-bond acceptors (Lipinski definition) is 6. The van der Waals surface area contributed by atoms with Gasteiger partial charge in [0.05, 0.1) is 12.1 Å². The van der Waals surface area contributed by atoms with Crippen LogP contribution in [0, 0.1) is 11.6 Å². The van der Waals surface area contributed by atoms with Gasteiger partial charge in [-0.15, -0.1) is 11.3 Å². The van der Waals surface area contributed by atoms with Crippen LogP contribution in [0.4, 0.5) is 14.5 Å². The van der Waals surface area contributed by atoms with Crippen LogP contribution in [-0.4, -0.2) is 48.8 Å². The maximum Gasteiger partial charge on any atom is 0.251 e. The Kier molecular flexibility index (Phi) is 10.9. The molecule has 0 spiro atoms. The molecule has 1 heterocycles. The molecule has 46 heavy (non-hydrogen) atoms. The third-order valence-corrected chi connectivity index (χ3v) is 8.65. The number of aromatic nitrogens is 1. The summed E-state index contributed by atoms with van der Waals surface area (Å²) in [4.78, 5) is 20.4. The molecule has 0 unspecified atom stereocenters. The van der Waals surface area contributed by atoms with Gasteiger partial charge in [-0.05, 0) is 83.1 Å². The number of aliphatic hydroxyl groups is 1. The van der Waals surface area contributed by atoms with E-state index in [0.717, 1.165) is 45.4 Å². The molecule has 0 aliphatic carbocycles. The van der Waals surface area contributed by atoms with Crippen LogP contribution < -0.4 is 15.5 Å². The first kappa shape index (κ1) is 32.9. The summed E-state index contributed by atoms with van der Waals surface area (Å²) in [6.07, 6.45) is 1.61. The van der Waals surface area contributed by atoms with Crippen LogP contribution >= 0.6 is 11.3 Å². The van der Waals surface area contributed by atoms with Gasteiger partial charge in [-0.25, -0.2) is 13.8 Å². The van der Waals surface area contributed by atoms with Crippen LogP contribution in [0.5, 0.6) is 0 Å². The van der Waals surface area contributed by atoms with Gasteiger partial charge >= 0.3 is 0 Å². The molecule has 6 nitrogen and oxygen atoms in total. The van der Waals surface area contributed by atoms with Crippen molar-refractivity contribution in [3.63, 3.8) is 0 Å². The molecule has 1 aromatic heterocycles. The van der Waals surface area contributed by atoms with E-state index < -0.39 is 29.7 Å². The predicted octanol–water partition coefficient (Wildman–Crippen LogP) is 6.88. The zero-order valence-corrected chi connectivity index (χ0v) is 27.0. The lowest BCUT2D eigenvalue weighted by molar-refractivity contribution is 0.0830. The second-order valence-corrected chi connectivity index (χ2v) is 12.4. The van der Waals surface area contributed by atoms with Crippen molar-refractivity contribution in [3.8, 4) is 21.7 Å². The zero-order chi connectivity index (χ0) is 32.6. The first-order chi connectivity index (χ1) is 22.2. The van der Waals surface area contributed by atoms with Gasteiger partial charge in [0.25, 0.3) is 5.91 Å². The van der Waals surface area contributed by atoms with Crippen molar-refractivity contribution < 1.29 is 18.7 Å². The van der Waals surface area contributed by atoms with Crippen molar-refractivity contribution in [2.24, 2.45) is 0 Å². The Hall–Kier alpha value is -4.44. The summed E-state index contributed by atoms with van der Waals surface area (Å²) >= 11 is 1.47. The van der Waals surface area contributed by atoms with E-state index in [-0.39, 0.29) is 13.0 Å². The van der Waals surface area contributed by atoms with Crippen LogP contribution in [0.3, 0.4) is 0 Å². The summed E-state index contributed by atoms with van der Waals surface area (Å²) < 4.78 is 28.2. The smallest absolute Gasteiger partial charge is 0.251 e. The lowest BCUT2D eigenvalue weighted by Gasteiger charge is -2.25. The number of rotatable bonds is 13. The molecule has 0 aliphatic heterocycles. The summed E-state index contributed by atoms with van der Waals surface area (Å²) in [6.45, 7) is 2.77. The summed E-state index contributed by atoms with van der Waals surface area (Å²) in [6, 6.07) is 24.2. The van der Waals surface area contributed by atoms with Gasteiger partial charge in [0.2, 0.25) is 0 Å². The third-order valence-electron chi connectivity index (χ3n) is 7.83. The minimum atomic E-state index is -1.05. The fourth-order valence-corrected chi connectivity index (χ4v) is 5.98. The second kappa shape index (κ2) is 15.2. The number of hydrogen-bond donors (Lipinski definition) is 3. The largest absolute Gasteiger partial charge is 0.390 e. The van der Waals surface area contributed by atoms with Crippen LogP contribution in [0.25, 0.3) is 21.7 Å². The highest BCUT2D eigenvalue weighted by Gasteiger charge is 2.24. The number of aryl methyl sites for hydroxylation is 1. The Morgan fingerprint density at radius 1 is 0.891 bits per heavy atom. The molecule has 0 saturated carbocycles. The fourth-order valence-electron chi connectivity index (χ4n) is 5.35. The van der Waals surface area contributed by atoms with E-state index >= 15 is 0 Å². The monoisotopic (exact) mass is 640 g/mol. The summed E-state index contributed by atoms with van der Waals surface area (Å²) in [5, 5.41) is 20.2. The number of thiazole rings is 1. The highest BCUT2D eigenvalue weighted by atomic mass is 32.1. The molecule has 1 amide bonds. The molecule has 2 atom stereocenters. The normalized spacial score (nSPS) is 12.5. The number of anilines is 1. The van der Waals surface area contributed by atoms with Gasteiger partial charge in [-0.2, -0.15) is 0 Å². The van der Waals surface area contributed by atoms with E-state index in [2.05, 4.69) is 34.7 Å². The van der Waals surface area contributed by atoms with E-state index in [4.69, 9.17) is 0 Å². The number of amides is 1. The number of nitrogens with one attached hydrogen (secondary N) is 2. The maximum absolute atomic E-state index is 14.1. The molecule has 4 aromatic carbocycles. The minimum absolute atomic E-state index is 0.0274. The number of carbonyl (C=O) groups is 1. The molecule has 0 aliphatic rings. The lowest BCUT2D eigenvalue weighted by Crippen LogP contribution is -2.48. The van der Waals surface area contributed by atoms with Gasteiger partial charge in [-0.1, -0.05) is 43.3 Å². The Bertz CT molecular complexity index is 1740. The first-order valence-corrected chi connectivity index (χ1v) is 16.1. The second-order valence-electron chi connectivity index (χ2n) is 11.5. The summed E-state index contributed by atoms with van der Waals surface area (Å²) in [7, 11) is 3.95. The van der Waals surface area contributed by atoms with E-state index in [1.54, 1.807) is 18.3 Å². The molecular formula is C37H38F2N4O2S. The molecule has 0 bridgehead atoms. The molecule has 0 saturated heterocycles. The van der Waals surface area contributed by atoms with Crippen molar-refractivity contribution in [1.82, 2.24) is 15.6 Å². The van der Waals surface area contributed by atoms with E-state index in [0.29, 0.717) is 17.7 Å². The molecular weight excluding hydrogens is 602 g/mol. The summed E-state index contributed by atoms with van der Waals surface area (Å²) in [5.74, 6) is -1.85. The molecule has 5 aromatic rings. The van der Waals surface area contributed by atoms with Crippen molar-refractivity contribution >= 4 is 22.9 Å². The van der Waals surface area contributed by atoms with Crippen LogP contribution in [0.15, 0.2) is 96.5 Å². The Labute approximate surface area is 272 Å². The SMILES string of the molecule is CCc1cccc(CNC[C@@H](O)[C@H](Cc2cc(F)cc(F)c2)NC(=O)c2cc(-c3ccc(N(C)C)cc3)cc(-c3nccs3)c2)c1. The van der Waals surface area contributed by atoms with Crippen LogP contribution in [-0.2, 0) is 19.4 Å². The summed E-state index contributed by atoms with van der Waals surface area (Å²) in [5.41, 5.74) is 6.60. The van der Waals surface area contributed by atoms with Crippen LogP contribution in [0.1, 0.15) is 34.0 Å². The predicted molar refractivity (Wildman–Crippen MR) is 182 cm³/mol. The van der Waals surface area contributed by atoms with Gasteiger partial charge in [-0.3, -0.25) is 4.79 Å². The number of aliphatic hydroxyl groups excluding tert-OH is 1. The van der Waals surface area contributed by atoms with Gasteiger partial charge in [0, 0.05) is 61.6 Å². The average molecular weight is 641 g/mol. The number of benzene rings is 4. The molecule has 0 fully saturated rings. The molecule has 9 heteroatoms. The van der Waals surface area contributed by atoms with Crippen LogP contribution in [0.2, 0.25) is 0 Å².